The second-order valence-corrected chi connectivity index (χ2v) is 4.35. The van der Waals surface area contributed by atoms with Gasteiger partial charge in [-0.15, -0.1) is 0 Å². The molecule has 6 heteroatoms. The molecule has 1 aromatic heterocycles. The molecule has 2 rings (SSSR count). The maximum Gasteiger partial charge on any atom is 0.160 e. The lowest BCUT2D eigenvalue weighted by atomic mass is 10.1. The van der Waals surface area contributed by atoms with Crippen LogP contribution in [0.3, 0.4) is 0 Å². The Labute approximate surface area is 109 Å². The Morgan fingerprint density at radius 2 is 2.18 bits per heavy atom. The Morgan fingerprint density at radius 3 is 2.82 bits per heavy atom. The molecular formula is C11H11Cl2N3O. The van der Waals surface area contributed by atoms with Gasteiger partial charge < -0.3 is 5.11 Å². The van der Waals surface area contributed by atoms with E-state index in [2.05, 4.69) is 10.1 Å². The van der Waals surface area contributed by atoms with Crippen molar-refractivity contribution >= 4 is 23.2 Å². The number of rotatable bonds is 3. The van der Waals surface area contributed by atoms with E-state index < -0.39 is 6.10 Å². The summed E-state index contributed by atoms with van der Waals surface area (Å²) in [5, 5.41) is 15.2. The molecule has 90 valence electrons. The van der Waals surface area contributed by atoms with Gasteiger partial charge in [0.1, 0.15) is 12.4 Å². The number of aliphatic hydroxyl groups is 1. The molecule has 4 nitrogen and oxygen atoms in total. The normalized spacial score (nSPS) is 12.7. The number of hydrogen-bond donors (Lipinski definition) is 1. The zero-order chi connectivity index (χ0) is 12.4. The number of nitrogens with zero attached hydrogens (tertiary/aromatic N) is 3. The Hall–Kier alpha value is -1.10. The third-order valence-corrected chi connectivity index (χ3v) is 3.01. The van der Waals surface area contributed by atoms with Crippen LogP contribution in [0.25, 0.3) is 0 Å². The molecule has 2 aromatic rings. The van der Waals surface area contributed by atoms with Crippen LogP contribution < -0.4 is 0 Å². The van der Waals surface area contributed by atoms with Gasteiger partial charge in [0.2, 0.25) is 0 Å². The SMILES string of the molecule is CCn1ncnc1C(O)c1ccc(Cl)cc1Cl. The molecule has 1 N–H and O–H groups in total. The molecule has 1 heterocycles. The van der Waals surface area contributed by atoms with Gasteiger partial charge in [-0.25, -0.2) is 9.67 Å². The van der Waals surface area contributed by atoms with Crippen LogP contribution in [0.5, 0.6) is 0 Å². The average Bonchev–Trinajstić information content (AvgIpc) is 2.76. The smallest absolute Gasteiger partial charge is 0.160 e. The fourth-order valence-electron chi connectivity index (χ4n) is 1.59. The number of aromatic nitrogens is 3. The zero-order valence-electron chi connectivity index (χ0n) is 9.14. The van der Waals surface area contributed by atoms with Gasteiger partial charge in [-0.3, -0.25) is 0 Å². The molecule has 0 saturated heterocycles. The van der Waals surface area contributed by atoms with Crippen LogP contribution in [0.15, 0.2) is 24.5 Å². The summed E-state index contributed by atoms with van der Waals surface area (Å²) in [6, 6.07) is 4.96. The molecule has 1 unspecified atom stereocenters. The molecule has 0 fully saturated rings. The largest absolute Gasteiger partial charge is 0.380 e. The maximum absolute atomic E-state index is 10.2. The molecule has 0 amide bonds. The third kappa shape index (κ3) is 2.44. The minimum atomic E-state index is -0.901. The quantitative estimate of drug-likeness (QED) is 0.934. The Morgan fingerprint density at radius 1 is 1.41 bits per heavy atom. The first-order valence-corrected chi connectivity index (χ1v) is 5.89. The second kappa shape index (κ2) is 5.04. The van der Waals surface area contributed by atoms with Crippen molar-refractivity contribution in [1.29, 1.82) is 0 Å². The van der Waals surface area contributed by atoms with E-state index in [9.17, 15) is 5.11 Å². The summed E-state index contributed by atoms with van der Waals surface area (Å²) in [7, 11) is 0. The van der Waals surface area contributed by atoms with Crippen molar-refractivity contribution in [3.8, 4) is 0 Å². The fourth-order valence-corrected chi connectivity index (χ4v) is 2.10. The van der Waals surface area contributed by atoms with Gasteiger partial charge in [-0.2, -0.15) is 5.10 Å². The van der Waals surface area contributed by atoms with E-state index in [-0.39, 0.29) is 0 Å². The number of hydrogen-bond acceptors (Lipinski definition) is 3. The number of aliphatic hydroxyl groups excluding tert-OH is 1. The van der Waals surface area contributed by atoms with Crippen LogP contribution in [0.1, 0.15) is 24.4 Å². The van der Waals surface area contributed by atoms with Crippen LogP contribution in [0, 0.1) is 0 Å². The lowest BCUT2D eigenvalue weighted by molar-refractivity contribution is 0.203. The van der Waals surface area contributed by atoms with E-state index >= 15 is 0 Å². The summed E-state index contributed by atoms with van der Waals surface area (Å²) in [6.07, 6.45) is 0.508. The standard InChI is InChI=1S/C11H11Cl2N3O/c1-2-16-11(14-6-15-16)10(17)8-4-3-7(12)5-9(8)13/h3-6,10,17H,2H2,1H3. The molecule has 0 aliphatic heterocycles. The second-order valence-electron chi connectivity index (χ2n) is 3.50. The van der Waals surface area contributed by atoms with Crippen molar-refractivity contribution in [3.05, 3.63) is 46.0 Å². The summed E-state index contributed by atoms with van der Waals surface area (Å²) in [5.41, 5.74) is 0.568. The number of benzene rings is 1. The molecule has 1 aromatic carbocycles. The van der Waals surface area contributed by atoms with Crippen LogP contribution in [0.2, 0.25) is 10.0 Å². The summed E-state index contributed by atoms with van der Waals surface area (Å²) in [5.74, 6) is 0.469. The Balaban J connectivity index is 2.40. The first-order chi connectivity index (χ1) is 8.13. The van der Waals surface area contributed by atoms with Crippen molar-refractivity contribution in [2.75, 3.05) is 0 Å². The average molecular weight is 272 g/mol. The lowest BCUT2D eigenvalue weighted by Gasteiger charge is -2.12. The van der Waals surface area contributed by atoms with Gasteiger partial charge in [0, 0.05) is 22.2 Å². The predicted octanol–water partition coefficient (Wildman–Crippen LogP) is 2.69. The third-order valence-electron chi connectivity index (χ3n) is 2.45. The molecule has 0 radical (unpaired) electrons. The van der Waals surface area contributed by atoms with E-state index in [1.807, 2.05) is 6.92 Å². The highest BCUT2D eigenvalue weighted by Gasteiger charge is 2.19. The first-order valence-electron chi connectivity index (χ1n) is 5.14. The van der Waals surface area contributed by atoms with Crippen LogP contribution in [0.4, 0.5) is 0 Å². The van der Waals surface area contributed by atoms with E-state index in [1.54, 1.807) is 22.9 Å². The van der Waals surface area contributed by atoms with Gasteiger partial charge >= 0.3 is 0 Å². The zero-order valence-corrected chi connectivity index (χ0v) is 10.7. The molecular weight excluding hydrogens is 261 g/mol. The molecule has 0 bridgehead atoms. The van der Waals surface area contributed by atoms with E-state index in [4.69, 9.17) is 23.2 Å². The minimum absolute atomic E-state index is 0.413. The van der Waals surface area contributed by atoms with E-state index in [1.165, 1.54) is 6.33 Å². The summed E-state index contributed by atoms with van der Waals surface area (Å²) in [6.45, 7) is 2.56. The highest BCUT2D eigenvalue weighted by atomic mass is 35.5. The lowest BCUT2D eigenvalue weighted by Crippen LogP contribution is -2.10. The predicted molar refractivity (Wildman–Crippen MR) is 66.2 cm³/mol. The van der Waals surface area contributed by atoms with Gasteiger partial charge in [0.15, 0.2) is 5.82 Å². The monoisotopic (exact) mass is 271 g/mol. The van der Waals surface area contributed by atoms with Crippen molar-refractivity contribution in [3.63, 3.8) is 0 Å². The van der Waals surface area contributed by atoms with Gasteiger partial charge in [0.05, 0.1) is 0 Å². The first kappa shape index (κ1) is 12.4. The summed E-state index contributed by atoms with van der Waals surface area (Å²) >= 11 is 11.8. The van der Waals surface area contributed by atoms with Gasteiger partial charge in [-0.05, 0) is 19.1 Å². The molecule has 0 spiro atoms. The van der Waals surface area contributed by atoms with Crippen LogP contribution in [-0.4, -0.2) is 19.9 Å². The van der Waals surface area contributed by atoms with Crippen LogP contribution in [-0.2, 0) is 6.54 Å². The maximum atomic E-state index is 10.2. The number of aryl methyl sites for hydroxylation is 1. The van der Waals surface area contributed by atoms with Crippen molar-refractivity contribution in [2.24, 2.45) is 0 Å². The summed E-state index contributed by atoms with van der Waals surface area (Å²) < 4.78 is 1.62. The highest BCUT2D eigenvalue weighted by Crippen LogP contribution is 2.29. The molecule has 1 atom stereocenters. The van der Waals surface area contributed by atoms with Crippen molar-refractivity contribution in [2.45, 2.75) is 19.6 Å². The highest BCUT2D eigenvalue weighted by molar-refractivity contribution is 6.35. The topological polar surface area (TPSA) is 50.9 Å². The molecule has 0 aliphatic carbocycles. The van der Waals surface area contributed by atoms with Crippen molar-refractivity contribution in [1.82, 2.24) is 14.8 Å². The van der Waals surface area contributed by atoms with Crippen molar-refractivity contribution < 1.29 is 5.11 Å². The molecule has 0 saturated carbocycles. The van der Waals surface area contributed by atoms with Crippen LogP contribution >= 0.6 is 23.2 Å². The number of halogens is 2. The molecule has 17 heavy (non-hydrogen) atoms. The minimum Gasteiger partial charge on any atom is -0.380 e. The van der Waals surface area contributed by atoms with E-state index in [0.29, 0.717) is 28.0 Å². The van der Waals surface area contributed by atoms with Gasteiger partial charge in [-0.1, -0.05) is 29.3 Å². The van der Waals surface area contributed by atoms with Gasteiger partial charge in [0.25, 0.3) is 0 Å². The fraction of sp³-hybridized carbons (Fsp3) is 0.273. The molecule has 0 aliphatic rings. The van der Waals surface area contributed by atoms with E-state index in [0.717, 1.165) is 0 Å². The summed E-state index contributed by atoms with van der Waals surface area (Å²) in [4.78, 5) is 4.04. The Kier molecular flexibility index (Phi) is 3.66. The Bertz CT molecular complexity index is 527.